The van der Waals surface area contributed by atoms with E-state index in [1.54, 1.807) is 6.07 Å². The normalized spacial score (nSPS) is 15.1. The Labute approximate surface area is 212 Å². The molecule has 23 nitrogen and oxygen atoms in total. The second-order valence-corrected chi connectivity index (χ2v) is 7.59. The lowest BCUT2D eigenvalue weighted by molar-refractivity contribution is -0.970. The molecule has 0 spiro atoms. The zero-order chi connectivity index (χ0) is 29.7. The molecular weight excluding hydrogens is 544 g/mol. The number of amides is 1. The molecule has 0 unspecified atom stereocenters. The fourth-order valence-electron chi connectivity index (χ4n) is 3.26. The Balaban J connectivity index is 2.37. The first-order valence-corrected chi connectivity index (χ1v) is 10.1. The van der Waals surface area contributed by atoms with Gasteiger partial charge in [0.2, 0.25) is 5.91 Å². The molecule has 0 aliphatic carbocycles. The van der Waals surface area contributed by atoms with Crippen molar-refractivity contribution in [3.63, 3.8) is 0 Å². The summed E-state index contributed by atoms with van der Waals surface area (Å²) in [5, 5.41) is 70.5. The molecule has 39 heavy (non-hydrogen) atoms. The summed E-state index contributed by atoms with van der Waals surface area (Å²) in [7, 11) is 0. The van der Waals surface area contributed by atoms with E-state index in [-0.39, 0.29) is 5.56 Å². The molecule has 0 bridgehead atoms. The highest BCUT2D eigenvalue weighted by Gasteiger charge is 2.72. The van der Waals surface area contributed by atoms with Crippen molar-refractivity contribution in [3.05, 3.63) is 96.6 Å². The van der Waals surface area contributed by atoms with E-state index in [4.69, 9.17) is 0 Å². The van der Waals surface area contributed by atoms with Crippen LogP contribution in [-0.4, -0.2) is 76.9 Å². The summed E-state index contributed by atoms with van der Waals surface area (Å²) < 4.78 is 4.46. The van der Waals surface area contributed by atoms with Crippen molar-refractivity contribution in [1.29, 1.82) is 0 Å². The number of ether oxygens (including phenoxy) is 1. The Bertz CT molecular complexity index is 1210. The molecule has 0 radical (unpaired) electrons. The van der Waals surface area contributed by atoms with Gasteiger partial charge in [0.1, 0.15) is 0 Å². The Morgan fingerprint density at radius 3 is 1.72 bits per heavy atom. The van der Waals surface area contributed by atoms with Crippen molar-refractivity contribution in [3.8, 4) is 0 Å². The summed E-state index contributed by atoms with van der Waals surface area (Å²) in [5.41, 5.74) is -0.481. The summed E-state index contributed by atoms with van der Waals surface area (Å²) in [6, 6.07) is 7.31. The van der Waals surface area contributed by atoms with E-state index in [9.17, 15) is 70.3 Å². The van der Waals surface area contributed by atoms with Crippen molar-refractivity contribution >= 4 is 17.6 Å². The van der Waals surface area contributed by atoms with Crippen LogP contribution in [0.15, 0.2) is 35.4 Å². The van der Waals surface area contributed by atoms with Gasteiger partial charge in [-0.3, -0.25) is 65.5 Å². The maximum Gasteiger partial charge on any atom is 0.734 e. The number of hydrogen-bond donors (Lipinski definition) is 0. The van der Waals surface area contributed by atoms with Gasteiger partial charge in [-0.2, -0.15) is 5.10 Å². The highest BCUT2D eigenvalue weighted by Crippen LogP contribution is 2.28. The molecule has 0 saturated carbocycles. The van der Waals surface area contributed by atoms with Crippen molar-refractivity contribution in [2.45, 2.75) is 30.3 Å². The van der Waals surface area contributed by atoms with E-state index in [2.05, 4.69) is 9.84 Å². The molecule has 1 heterocycles. The Hall–Kier alpha value is -5.77. The lowest BCUT2D eigenvalue weighted by atomic mass is 9.94. The Morgan fingerprint density at radius 2 is 1.28 bits per heavy atom. The topological polar surface area (TPSA) is 318 Å². The summed E-state index contributed by atoms with van der Waals surface area (Å²) in [6.07, 6.45) is -2.69. The standard InChI is InChI=1S/C16H14N8O15/c25-12(6-7-15(19(27)28,20(29)30)21(31)32)18-8-11(10-4-2-1-3-5-10)13(17-18)14(26)39-9-16(22(33)34,23(35)36)24(37)38/h1-5,11H,6-9H2/t11-/m0/s1. The molecule has 1 aromatic carbocycles. The molecule has 1 aliphatic heterocycles. The molecule has 0 N–H and O–H groups in total. The van der Waals surface area contributed by atoms with Gasteiger partial charge in [0.05, 0.1) is 18.9 Å². The second kappa shape index (κ2) is 11.1. The van der Waals surface area contributed by atoms with Gasteiger partial charge in [-0.1, -0.05) is 30.3 Å². The molecule has 0 saturated heterocycles. The summed E-state index contributed by atoms with van der Waals surface area (Å²) in [6.45, 7) is -2.52. The van der Waals surface area contributed by atoms with E-state index in [0.29, 0.717) is 5.01 Å². The van der Waals surface area contributed by atoms with E-state index < -0.39 is 90.6 Å². The lowest BCUT2D eigenvalue weighted by Gasteiger charge is -2.15. The number of hydrogen-bond acceptors (Lipinski definition) is 16. The Kier molecular flexibility index (Phi) is 8.38. The third-order valence-corrected chi connectivity index (χ3v) is 5.44. The minimum absolute atomic E-state index is 0.253. The highest BCUT2D eigenvalue weighted by molar-refractivity contribution is 6.39. The third kappa shape index (κ3) is 5.35. The van der Waals surface area contributed by atoms with Crippen LogP contribution in [0.5, 0.6) is 0 Å². The van der Waals surface area contributed by atoms with Gasteiger partial charge in [0.25, 0.3) is 0 Å². The number of rotatable bonds is 13. The second-order valence-electron chi connectivity index (χ2n) is 7.59. The summed E-state index contributed by atoms with van der Waals surface area (Å²) in [4.78, 5) is 80.6. The van der Waals surface area contributed by atoms with E-state index in [1.807, 2.05) is 0 Å². The fourth-order valence-corrected chi connectivity index (χ4v) is 3.26. The van der Waals surface area contributed by atoms with Crippen molar-refractivity contribution in [2.75, 3.05) is 13.2 Å². The van der Waals surface area contributed by atoms with Crippen LogP contribution in [0.4, 0.5) is 0 Å². The summed E-state index contributed by atoms with van der Waals surface area (Å²) in [5.74, 6) is -12.2. The SMILES string of the molecule is O=C(OCC([N+](=O)[O-])([N+](=O)[O-])[N+](=O)[O-])C1=NN(C(=O)CCC([N+](=O)[O-])([N+](=O)[O-])[N+](=O)[O-])C[C@H]1c1ccccc1. The quantitative estimate of drug-likeness (QED) is 0.124. The van der Waals surface area contributed by atoms with Crippen LogP contribution in [-0.2, 0) is 14.3 Å². The number of carbonyl (C=O) groups excluding carboxylic acids is 2. The Morgan fingerprint density at radius 1 is 0.821 bits per heavy atom. The molecule has 0 aromatic heterocycles. The average Bonchev–Trinajstić information content (AvgIpc) is 3.29. The van der Waals surface area contributed by atoms with Gasteiger partial charge in [-0.15, -0.1) is 0 Å². The summed E-state index contributed by atoms with van der Waals surface area (Å²) >= 11 is 0. The zero-order valence-electron chi connectivity index (χ0n) is 19.0. The first kappa shape index (κ1) is 29.5. The van der Waals surface area contributed by atoms with Crippen LogP contribution >= 0.6 is 0 Å². The van der Waals surface area contributed by atoms with Gasteiger partial charge in [-0.05, 0) is 5.56 Å². The van der Waals surface area contributed by atoms with E-state index in [0.717, 1.165) is 0 Å². The fraction of sp³-hybridized carbons (Fsp3) is 0.438. The van der Waals surface area contributed by atoms with Gasteiger partial charge < -0.3 is 4.74 Å². The van der Waals surface area contributed by atoms with Crippen molar-refractivity contribution in [2.24, 2.45) is 5.10 Å². The highest BCUT2D eigenvalue weighted by atomic mass is 16.8. The average molecular weight is 558 g/mol. The third-order valence-electron chi connectivity index (χ3n) is 5.44. The van der Waals surface area contributed by atoms with Crippen LogP contribution in [0.3, 0.4) is 0 Å². The number of esters is 1. The molecule has 1 aliphatic rings. The van der Waals surface area contributed by atoms with Crippen LogP contribution in [0, 0.1) is 60.7 Å². The van der Waals surface area contributed by atoms with Gasteiger partial charge in [0.15, 0.2) is 41.7 Å². The monoisotopic (exact) mass is 558 g/mol. The van der Waals surface area contributed by atoms with Crippen LogP contribution < -0.4 is 0 Å². The molecule has 1 atom stereocenters. The van der Waals surface area contributed by atoms with Crippen molar-refractivity contribution < 1.29 is 43.9 Å². The number of hydrazone groups is 1. The largest absolute Gasteiger partial charge is 0.734 e. The minimum atomic E-state index is -4.16. The maximum absolute atomic E-state index is 12.7. The number of benzene rings is 1. The smallest absolute Gasteiger partial charge is 0.436 e. The van der Waals surface area contributed by atoms with E-state index in [1.165, 1.54) is 24.3 Å². The van der Waals surface area contributed by atoms with Crippen LogP contribution in [0.2, 0.25) is 0 Å². The molecule has 1 aromatic rings. The number of carbonyl (C=O) groups is 2. The molecule has 208 valence electrons. The van der Waals surface area contributed by atoms with Gasteiger partial charge >= 0.3 is 24.1 Å². The maximum atomic E-state index is 12.7. The predicted molar refractivity (Wildman–Crippen MR) is 116 cm³/mol. The van der Waals surface area contributed by atoms with E-state index >= 15 is 0 Å². The molecule has 2 rings (SSSR count). The molecular formula is C16H14N8O15. The minimum Gasteiger partial charge on any atom is -0.436 e. The van der Waals surface area contributed by atoms with Gasteiger partial charge in [0, 0.05) is 0 Å². The number of nitro groups is 6. The molecule has 0 fully saturated rings. The number of nitrogens with zero attached hydrogens (tertiary/aromatic N) is 8. The molecule has 1 amide bonds. The van der Waals surface area contributed by atoms with Gasteiger partial charge in [-0.25, -0.2) is 9.80 Å². The zero-order valence-corrected chi connectivity index (χ0v) is 19.0. The first-order chi connectivity index (χ1) is 18.1. The predicted octanol–water partition coefficient (Wildman–Crippen LogP) is -0.740. The van der Waals surface area contributed by atoms with Crippen LogP contribution in [0.1, 0.15) is 24.3 Å². The first-order valence-electron chi connectivity index (χ1n) is 10.1. The van der Waals surface area contributed by atoms with Crippen LogP contribution in [0.25, 0.3) is 0 Å². The van der Waals surface area contributed by atoms with Crippen molar-refractivity contribution in [1.82, 2.24) is 5.01 Å². The molecule has 23 heteroatoms. The lowest BCUT2D eigenvalue weighted by Crippen LogP contribution is -2.57.